The predicted octanol–water partition coefficient (Wildman–Crippen LogP) is 5.19. The van der Waals surface area contributed by atoms with Crippen LogP contribution in [0, 0.1) is 6.92 Å². The number of benzene rings is 4. The number of aryl methyl sites for hydroxylation is 1. The molecule has 4 rings (SSSR count). The van der Waals surface area contributed by atoms with Crippen molar-refractivity contribution in [3.05, 3.63) is 131 Å². The van der Waals surface area contributed by atoms with Gasteiger partial charge in [0.1, 0.15) is 11.8 Å². The number of anilines is 1. The molecule has 36 heavy (non-hydrogen) atoms. The van der Waals surface area contributed by atoms with E-state index in [1.54, 1.807) is 72.8 Å². The Morgan fingerprint density at radius 2 is 1.31 bits per heavy atom. The highest BCUT2D eigenvalue weighted by molar-refractivity contribution is 6.01. The Hall–Kier alpha value is -4.71. The van der Waals surface area contributed by atoms with Crippen molar-refractivity contribution in [3.8, 4) is 5.75 Å². The standard InChI is InChI=1S/C30H26N2O4/c1-21-10-8-9-15-26(21)31-29(34)27(32-28(33)23-11-4-2-5-12-23)20-22-16-18-25(19-17-22)36-30(35)24-13-6-3-7-14-24/h2-19,27H,20H2,1H3,(H,31,34)(H,32,33). The summed E-state index contributed by atoms with van der Waals surface area (Å²) in [5, 5.41) is 5.77. The molecule has 0 aliphatic carbocycles. The number of carbonyl (C=O) groups excluding carboxylic acids is 3. The first-order chi connectivity index (χ1) is 17.5. The van der Waals surface area contributed by atoms with E-state index in [-0.39, 0.29) is 18.2 Å². The summed E-state index contributed by atoms with van der Waals surface area (Å²) in [6.07, 6.45) is 0.253. The van der Waals surface area contributed by atoms with Crippen LogP contribution in [0.1, 0.15) is 31.8 Å². The van der Waals surface area contributed by atoms with E-state index in [0.717, 1.165) is 11.1 Å². The normalized spacial score (nSPS) is 11.2. The summed E-state index contributed by atoms with van der Waals surface area (Å²) in [6.45, 7) is 1.91. The maximum absolute atomic E-state index is 13.2. The molecule has 2 N–H and O–H groups in total. The molecule has 4 aromatic carbocycles. The number of ether oxygens (including phenoxy) is 1. The van der Waals surface area contributed by atoms with Gasteiger partial charge in [-0.2, -0.15) is 0 Å². The molecule has 2 amide bonds. The fraction of sp³-hybridized carbons (Fsp3) is 0.100. The van der Waals surface area contributed by atoms with Gasteiger partial charge in [-0.15, -0.1) is 0 Å². The molecule has 0 aliphatic heterocycles. The number of esters is 1. The Bertz CT molecular complexity index is 1340. The van der Waals surface area contributed by atoms with Crippen LogP contribution in [0.5, 0.6) is 5.75 Å². The van der Waals surface area contributed by atoms with Gasteiger partial charge in [-0.1, -0.05) is 66.7 Å². The van der Waals surface area contributed by atoms with Crippen molar-refractivity contribution in [1.29, 1.82) is 0 Å². The number of para-hydroxylation sites is 1. The van der Waals surface area contributed by atoms with Gasteiger partial charge >= 0.3 is 5.97 Å². The van der Waals surface area contributed by atoms with E-state index >= 15 is 0 Å². The van der Waals surface area contributed by atoms with Crippen molar-refractivity contribution >= 4 is 23.5 Å². The second kappa shape index (κ2) is 11.6. The molecule has 4 aromatic rings. The van der Waals surface area contributed by atoms with Crippen LogP contribution in [0.15, 0.2) is 109 Å². The third kappa shape index (κ3) is 6.45. The first-order valence-electron chi connectivity index (χ1n) is 11.6. The van der Waals surface area contributed by atoms with Crippen molar-refractivity contribution in [2.75, 3.05) is 5.32 Å². The smallest absolute Gasteiger partial charge is 0.343 e. The molecule has 0 saturated heterocycles. The molecule has 0 spiro atoms. The van der Waals surface area contributed by atoms with Crippen molar-refractivity contribution in [2.45, 2.75) is 19.4 Å². The van der Waals surface area contributed by atoms with Gasteiger partial charge in [0, 0.05) is 17.7 Å². The van der Waals surface area contributed by atoms with Gasteiger partial charge in [0.25, 0.3) is 5.91 Å². The molecular formula is C30H26N2O4. The van der Waals surface area contributed by atoms with Crippen LogP contribution < -0.4 is 15.4 Å². The van der Waals surface area contributed by atoms with Gasteiger partial charge in [0.15, 0.2) is 0 Å². The lowest BCUT2D eigenvalue weighted by atomic mass is 10.0. The number of rotatable bonds is 8. The highest BCUT2D eigenvalue weighted by atomic mass is 16.5. The number of nitrogens with one attached hydrogen (secondary N) is 2. The molecule has 1 unspecified atom stereocenters. The fourth-order valence-corrected chi connectivity index (χ4v) is 3.64. The van der Waals surface area contributed by atoms with Crippen LogP contribution in [0.4, 0.5) is 5.69 Å². The van der Waals surface area contributed by atoms with Crippen molar-refractivity contribution < 1.29 is 19.1 Å². The minimum absolute atomic E-state index is 0.253. The molecule has 0 saturated carbocycles. The minimum Gasteiger partial charge on any atom is -0.423 e. The second-order valence-corrected chi connectivity index (χ2v) is 8.30. The molecule has 1 atom stereocenters. The monoisotopic (exact) mass is 478 g/mol. The number of amides is 2. The maximum Gasteiger partial charge on any atom is 0.343 e. The average Bonchev–Trinajstić information content (AvgIpc) is 2.91. The quantitative estimate of drug-likeness (QED) is 0.270. The Morgan fingerprint density at radius 3 is 1.94 bits per heavy atom. The highest BCUT2D eigenvalue weighted by Crippen LogP contribution is 2.18. The van der Waals surface area contributed by atoms with Crippen molar-refractivity contribution in [1.82, 2.24) is 5.32 Å². The lowest BCUT2D eigenvalue weighted by Gasteiger charge is -2.20. The summed E-state index contributed by atoms with van der Waals surface area (Å²) in [7, 11) is 0. The van der Waals surface area contributed by atoms with Crippen LogP contribution in [0.25, 0.3) is 0 Å². The second-order valence-electron chi connectivity index (χ2n) is 8.30. The zero-order valence-electron chi connectivity index (χ0n) is 19.8. The van der Waals surface area contributed by atoms with Crippen LogP contribution in [0.2, 0.25) is 0 Å². The van der Waals surface area contributed by atoms with E-state index in [0.29, 0.717) is 22.6 Å². The molecule has 0 radical (unpaired) electrons. The topological polar surface area (TPSA) is 84.5 Å². The molecule has 0 aromatic heterocycles. The Balaban J connectivity index is 1.48. The highest BCUT2D eigenvalue weighted by Gasteiger charge is 2.23. The summed E-state index contributed by atoms with van der Waals surface area (Å²) < 4.78 is 5.43. The zero-order chi connectivity index (χ0) is 25.3. The number of carbonyl (C=O) groups is 3. The first kappa shape index (κ1) is 24.4. The molecule has 0 heterocycles. The third-order valence-electron chi connectivity index (χ3n) is 5.64. The lowest BCUT2D eigenvalue weighted by Crippen LogP contribution is -2.45. The van der Waals surface area contributed by atoms with E-state index in [9.17, 15) is 14.4 Å². The van der Waals surface area contributed by atoms with E-state index in [1.165, 1.54) is 0 Å². The van der Waals surface area contributed by atoms with Crippen LogP contribution in [-0.4, -0.2) is 23.8 Å². The molecular weight excluding hydrogens is 452 g/mol. The van der Waals surface area contributed by atoms with Gasteiger partial charge < -0.3 is 15.4 Å². The van der Waals surface area contributed by atoms with Gasteiger partial charge in [0.05, 0.1) is 5.56 Å². The summed E-state index contributed by atoms with van der Waals surface area (Å²) in [5.74, 6) is -0.724. The SMILES string of the molecule is Cc1ccccc1NC(=O)C(Cc1ccc(OC(=O)c2ccccc2)cc1)NC(=O)c1ccccc1. The van der Waals surface area contributed by atoms with Gasteiger partial charge in [-0.3, -0.25) is 9.59 Å². The summed E-state index contributed by atoms with van der Waals surface area (Å²) in [6, 6.07) is 31.0. The van der Waals surface area contributed by atoms with E-state index in [2.05, 4.69) is 10.6 Å². The summed E-state index contributed by atoms with van der Waals surface area (Å²) in [5.41, 5.74) is 3.33. The number of hydrogen-bond acceptors (Lipinski definition) is 4. The predicted molar refractivity (Wildman–Crippen MR) is 139 cm³/mol. The van der Waals surface area contributed by atoms with Crippen molar-refractivity contribution in [2.24, 2.45) is 0 Å². The van der Waals surface area contributed by atoms with Crippen LogP contribution in [-0.2, 0) is 11.2 Å². The van der Waals surface area contributed by atoms with E-state index in [1.807, 2.05) is 43.3 Å². The van der Waals surface area contributed by atoms with Gasteiger partial charge in [0.2, 0.25) is 5.91 Å². The maximum atomic E-state index is 13.2. The van der Waals surface area contributed by atoms with E-state index < -0.39 is 12.0 Å². The van der Waals surface area contributed by atoms with Crippen LogP contribution >= 0.6 is 0 Å². The summed E-state index contributed by atoms with van der Waals surface area (Å²) in [4.78, 5) is 38.3. The first-order valence-corrected chi connectivity index (χ1v) is 11.6. The Morgan fingerprint density at radius 1 is 0.722 bits per heavy atom. The van der Waals surface area contributed by atoms with Gasteiger partial charge in [-0.25, -0.2) is 4.79 Å². The molecule has 0 bridgehead atoms. The molecule has 180 valence electrons. The molecule has 6 nitrogen and oxygen atoms in total. The fourth-order valence-electron chi connectivity index (χ4n) is 3.64. The largest absolute Gasteiger partial charge is 0.423 e. The van der Waals surface area contributed by atoms with Crippen molar-refractivity contribution in [3.63, 3.8) is 0 Å². The van der Waals surface area contributed by atoms with E-state index in [4.69, 9.17) is 4.74 Å². The Labute approximate surface area is 209 Å². The van der Waals surface area contributed by atoms with Gasteiger partial charge in [-0.05, 0) is 60.5 Å². The minimum atomic E-state index is -0.824. The average molecular weight is 479 g/mol. The molecule has 0 fully saturated rings. The number of hydrogen-bond donors (Lipinski definition) is 2. The summed E-state index contributed by atoms with van der Waals surface area (Å²) >= 11 is 0. The van der Waals surface area contributed by atoms with Crippen LogP contribution in [0.3, 0.4) is 0 Å². The zero-order valence-corrected chi connectivity index (χ0v) is 19.8. The Kier molecular flexibility index (Phi) is 7.88. The third-order valence-corrected chi connectivity index (χ3v) is 5.64. The molecule has 6 heteroatoms. The molecule has 0 aliphatic rings. The lowest BCUT2D eigenvalue weighted by molar-refractivity contribution is -0.118.